The van der Waals surface area contributed by atoms with Crippen molar-refractivity contribution >= 4 is 5.71 Å². The summed E-state index contributed by atoms with van der Waals surface area (Å²) < 4.78 is 0. The van der Waals surface area contributed by atoms with Gasteiger partial charge >= 0.3 is 0 Å². The zero-order chi connectivity index (χ0) is 8.10. The second-order valence-electron chi connectivity index (χ2n) is 3.02. The summed E-state index contributed by atoms with van der Waals surface area (Å²) in [6.45, 7) is 3.56. The first kappa shape index (κ1) is 8.25. The first-order chi connectivity index (χ1) is 5.33. The van der Waals surface area contributed by atoms with Gasteiger partial charge in [-0.15, -0.1) is 0 Å². The van der Waals surface area contributed by atoms with Gasteiger partial charge in [0.2, 0.25) is 0 Å². The van der Waals surface area contributed by atoms with Crippen LogP contribution in [0.2, 0.25) is 0 Å². The van der Waals surface area contributed by atoms with Crippen LogP contribution in [0.4, 0.5) is 0 Å². The zero-order valence-electron chi connectivity index (χ0n) is 6.90. The van der Waals surface area contributed by atoms with E-state index in [9.17, 15) is 0 Å². The molecule has 11 heavy (non-hydrogen) atoms. The number of hydrogen-bond acceptors (Lipinski definition) is 1. The van der Waals surface area contributed by atoms with Crippen molar-refractivity contribution in [3.05, 3.63) is 24.3 Å². The molecule has 0 aromatic rings. The molecule has 1 saturated carbocycles. The van der Waals surface area contributed by atoms with Crippen LogP contribution in [0.1, 0.15) is 32.1 Å². The van der Waals surface area contributed by atoms with Gasteiger partial charge in [0.1, 0.15) is 0 Å². The molecule has 0 aromatic carbocycles. The molecular formula is C10H15N. The number of rotatable bonds is 2. The second-order valence-corrected chi connectivity index (χ2v) is 3.02. The predicted octanol–water partition coefficient (Wildman–Crippen LogP) is 3.08. The van der Waals surface area contributed by atoms with Gasteiger partial charge in [0, 0.05) is 0 Å². The van der Waals surface area contributed by atoms with E-state index in [0.29, 0.717) is 5.71 Å². The molecule has 0 heterocycles. The van der Waals surface area contributed by atoms with Crippen molar-refractivity contribution in [2.24, 2.45) is 0 Å². The smallest absolute Gasteiger partial charge is 0.0533 e. The van der Waals surface area contributed by atoms with Gasteiger partial charge in [0.25, 0.3) is 0 Å². The molecule has 0 saturated heterocycles. The topological polar surface area (TPSA) is 23.9 Å². The SMILES string of the molecule is C=CC(=N)C=C1CCCCC1. The molecule has 0 spiro atoms. The molecule has 60 valence electrons. The minimum atomic E-state index is 0.557. The van der Waals surface area contributed by atoms with Crippen LogP contribution in [-0.4, -0.2) is 5.71 Å². The van der Waals surface area contributed by atoms with E-state index in [4.69, 9.17) is 5.41 Å². The lowest BCUT2D eigenvalue weighted by Gasteiger charge is -2.12. The summed E-state index contributed by atoms with van der Waals surface area (Å²) in [5, 5.41) is 7.38. The van der Waals surface area contributed by atoms with E-state index in [2.05, 4.69) is 6.58 Å². The Labute approximate surface area is 68.3 Å². The average molecular weight is 149 g/mol. The van der Waals surface area contributed by atoms with E-state index in [1.165, 1.54) is 37.7 Å². The molecule has 1 heteroatoms. The standard InChI is InChI=1S/C10H15N/c1-2-10(11)8-9-6-4-3-5-7-9/h2,8,11H,1,3-7H2. The van der Waals surface area contributed by atoms with Gasteiger partial charge in [0.15, 0.2) is 0 Å². The Hall–Kier alpha value is -0.850. The molecule has 0 bridgehead atoms. The van der Waals surface area contributed by atoms with Gasteiger partial charge in [-0.1, -0.05) is 18.6 Å². The van der Waals surface area contributed by atoms with Gasteiger partial charge in [-0.2, -0.15) is 0 Å². The monoisotopic (exact) mass is 149 g/mol. The van der Waals surface area contributed by atoms with Gasteiger partial charge in [-0.05, 0) is 37.8 Å². The van der Waals surface area contributed by atoms with E-state index in [-0.39, 0.29) is 0 Å². The van der Waals surface area contributed by atoms with Crippen molar-refractivity contribution in [2.75, 3.05) is 0 Å². The van der Waals surface area contributed by atoms with Crippen LogP contribution in [0.25, 0.3) is 0 Å². The van der Waals surface area contributed by atoms with Crippen molar-refractivity contribution in [2.45, 2.75) is 32.1 Å². The van der Waals surface area contributed by atoms with Gasteiger partial charge in [-0.25, -0.2) is 0 Å². The molecule has 1 nitrogen and oxygen atoms in total. The molecular weight excluding hydrogens is 134 g/mol. The Morgan fingerprint density at radius 3 is 2.45 bits per heavy atom. The second kappa shape index (κ2) is 4.12. The molecule has 0 unspecified atom stereocenters. The van der Waals surface area contributed by atoms with E-state index >= 15 is 0 Å². The number of hydrogen-bond donors (Lipinski definition) is 1. The largest absolute Gasteiger partial charge is 0.301 e. The molecule has 0 aliphatic heterocycles. The minimum absolute atomic E-state index is 0.557. The van der Waals surface area contributed by atoms with Crippen LogP contribution in [0, 0.1) is 5.41 Å². The lowest BCUT2D eigenvalue weighted by atomic mass is 9.94. The summed E-state index contributed by atoms with van der Waals surface area (Å²) in [5.41, 5.74) is 1.99. The lowest BCUT2D eigenvalue weighted by molar-refractivity contribution is 0.600. The van der Waals surface area contributed by atoms with Crippen LogP contribution >= 0.6 is 0 Å². The highest BCUT2D eigenvalue weighted by atomic mass is 14.4. The molecule has 1 rings (SSSR count). The summed E-state index contributed by atoms with van der Waals surface area (Å²) in [4.78, 5) is 0. The van der Waals surface area contributed by atoms with Crippen LogP contribution in [0.15, 0.2) is 24.3 Å². The van der Waals surface area contributed by atoms with E-state index in [1.807, 2.05) is 6.08 Å². The first-order valence-corrected chi connectivity index (χ1v) is 4.23. The zero-order valence-corrected chi connectivity index (χ0v) is 6.90. The average Bonchev–Trinajstić information content (AvgIpc) is 2.06. The predicted molar refractivity (Wildman–Crippen MR) is 49.1 cm³/mol. The van der Waals surface area contributed by atoms with Gasteiger partial charge < -0.3 is 5.41 Å². The van der Waals surface area contributed by atoms with Crippen LogP contribution in [0.3, 0.4) is 0 Å². The maximum atomic E-state index is 7.38. The van der Waals surface area contributed by atoms with E-state index in [0.717, 1.165) is 0 Å². The summed E-state index contributed by atoms with van der Waals surface area (Å²) in [7, 11) is 0. The fourth-order valence-electron chi connectivity index (χ4n) is 1.43. The Kier molecular flexibility index (Phi) is 3.09. The maximum absolute atomic E-state index is 7.38. The Morgan fingerprint density at radius 1 is 1.27 bits per heavy atom. The lowest BCUT2D eigenvalue weighted by Crippen LogP contribution is -1.96. The third-order valence-corrected chi connectivity index (χ3v) is 2.08. The molecule has 0 radical (unpaired) electrons. The quantitative estimate of drug-likeness (QED) is 0.583. The number of nitrogens with one attached hydrogen (secondary N) is 1. The summed E-state index contributed by atoms with van der Waals surface area (Å²) in [5.74, 6) is 0. The third kappa shape index (κ3) is 2.71. The van der Waals surface area contributed by atoms with Gasteiger partial charge in [0.05, 0.1) is 5.71 Å². The van der Waals surface area contributed by atoms with E-state index < -0.39 is 0 Å². The van der Waals surface area contributed by atoms with Crippen LogP contribution < -0.4 is 0 Å². The third-order valence-electron chi connectivity index (χ3n) is 2.08. The molecule has 0 aromatic heterocycles. The van der Waals surface area contributed by atoms with E-state index in [1.54, 1.807) is 6.08 Å². The fraction of sp³-hybridized carbons (Fsp3) is 0.500. The molecule has 1 N–H and O–H groups in total. The highest BCUT2D eigenvalue weighted by molar-refractivity contribution is 6.01. The molecule has 0 amide bonds. The summed E-state index contributed by atoms with van der Waals surface area (Å²) in [6.07, 6.45) is 9.91. The highest BCUT2D eigenvalue weighted by Gasteiger charge is 2.04. The normalized spacial score (nSPS) is 17.6. The molecule has 1 fully saturated rings. The van der Waals surface area contributed by atoms with Crippen LogP contribution in [0.5, 0.6) is 0 Å². The van der Waals surface area contributed by atoms with Crippen molar-refractivity contribution in [1.82, 2.24) is 0 Å². The molecule has 0 atom stereocenters. The Morgan fingerprint density at radius 2 is 1.91 bits per heavy atom. The minimum Gasteiger partial charge on any atom is -0.301 e. The van der Waals surface area contributed by atoms with Crippen molar-refractivity contribution in [3.63, 3.8) is 0 Å². The van der Waals surface area contributed by atoms with Crippen molar-refractivity contribution < 1.29 is 0 Å². The summed E-state index contributed by atoms with van der Waals surface area (Å²) >= 11 is 0. The van der Waals surface area contributed by atoms with Crippen molar-refractivity contribution in [3.8, 4) is 0 Å². The number of allylic oxidation sites excluding steroid dienone is 3. The Bertz CT molecular complexity index is 181. The van der Waals surface area contributed by atoms with Crippen molar-refractivity contribution in [1.29, 1.82) is 5.41 Å². The first-order valence-electron chi connectivity index (χ1n) is 4.23. The summed E-state index contributed by atoms with van der Waals surface area (Å²) in [6, 6.07) is 0. The molecule has 1 aliphatic rings. The van der Waals surface area contributed by atoms with Gasteiger partial charge in [-0.3, -0.25) is 0 Å². The Balaban J connectivity index is 2.49. The van der Waals surface area contributed by atoms with Crippen LogP contribution in [-0.2, 0) is 0 Å². The fourth-order valence-corrected chi connectivity index (χ4v) is 1.43. The maximum Gasteiger partial charge on any atom is 0.0533 e. The highest BCUT2D eigenvalue weighted by Crippen LogP contribution is 2.22. The molecule has 1 aliphatic carbocycles.